The van der Waals surface area contributed by atoms with Crippen LogP contribution in [0.3, 0.4) is 0 Å². The molecule has 2 aliphatic rings. The van der Waals surface area contributed by atoms with E-state index in [-0.39, 0.29) is 5.91 Å². The summed E-state index contributed by atoms with van der Waals surface area (Å²) in [7, 11) is 1.96. The summed E-state index contributed by atoms with van der Waals surface area (Å²) in [6.07, 6.45) is 4.63. The fourth-order valence-corrected chi connectivity index (χ4v) is 3.44. The van der Waals surface area contributed by atoms with Crippen LogP contribution < -0.4 is 5.32 Å². The van der Waals surface area contributed by atoms with Crippen molar-refractivity contribution in [2.75, 3.05) is 20.1 Å². The second-order valence-electron chi connectivity index (χ2n) is 6.28. The summed E-state index contributed by atoms with van der Waals surface area (Å²) in [6.45, 7) is 6.24. The number of rotatable bonds is 3. The predicted octanol–water partition coefficient (Wildman–Crippen LogP) is 2.26. The molecule has 1 aliphatic heterocycles. The molecule has 0 unspecified atom stereocenters. The van der Waals surface area contributed by atoms with Gasteiger partial charge in [0.25, 0.3) is 5.91 Å². The van der Waals surface area contributed by atoms with Crippen molar-refractivity contribution in [1.82, 2.24) is 14.8 Å². The Bertz CT molecular complexity index is 510. The number of amides is 1. The van der Waals surface area contributed by atoms with Gasteiger partial charge >= 0.3 is 0 Å². The van der Waals surface area contributed by atoms with Gasteiger partial charge in [-0.1, -0.05) is 0 Å². The van der Waals surface area contributed by atoms with Crippen molar-refractivity contribution in [2.45, 2.75) is 51.6 Å². The van der Waals surface area contributed by atoms with Crippen LogP contribution >= 0.6 is 0 Å². The van der Waals surface area contributed by atoms with Crippen LogP contribution in [-0.2, 0) is 0 Å². The van der Waals surface area contributed by atoms with Crippen molar-refractivity contribution in [2.24, 2.45) is 0 Å². The fourth-order valence-electron chi connectivity index (χ4n) is 3.44. The molecule has 1 aliphatic carbocycles. The van der Waals surface area contributed by atoms with Gasteiger partial charge in [0.2, 0.25) is 0 Å². The van der Waals surface area contributed by atoms with E-state index in [0.717, 1.165) is 37.2 Å². The van der Waals surface area contributed by atoms with Crippen LogP contribution in [0.1, 0.15) is 53.5 Å². The molecule has 1 amide bonds. The summed E-state index contributed by atoms with van der Waals surface area (Å²) in [5.74, 6) is 0.192. The Kier molecular flexibility index (Phi) is 3.59. The fraction of sp³-hybridized carbons (Fsp3) is 0.688. The maximum absolute atomic E-state index is 12.8. The molecule has 1 aromatic heterocycles. The van der Waals surface area contributed by atoms with Crippen molar-refractivity contribution in [3.8, 4) is 0 Å². The van der Waals surface area contributed by atoms with Crippen LogP contribution in [0, 0.1) is 13.8 Å². The van der Waals surface area contributed by atoms with Crippen LogP contribution in [0.4, 0.5) is 0 Å². The van der Waals surface area contributed by atoms with Crippen molar-refractivity contribution in [1.29, 1.82) is 0 Å². The van der Waals surface area contributed by atoms with E-state index in [4.69, 9.17) is 0 Å². The summed E-state index contributed by atoms with van der Waals surface area (Å²) in [5, 5.41) is 3.35. The quantitative estimate of drug-likeness (QED) is 0.919. The highest BCUT2D eigenvalue weighted by molar-refractivity contribution is 5.95. The Morgan fingerprint density at radius 2 is 1.90 bits per heavy atom. The minimum absolute atomic E-state index is 0.192. The van der Waals surface area contributed by atoms with Gasteiger partial charge in [-0.3, -0.25) is 4.79 Å². The number of piperidine rings is 1. The molecule has 1 saturated carbocycles. The number of hydrogen-bond donors (Lipinski definition) is 1. The number of aryl methyl sites for hydroxylation is 1. The molecular weight excluding hydrogens is 250 g/mol. The van der Waals surface area contributed by atoms with Crippen molar-refractivity contribution in [3.05, 3.63) is 23.0 Å². The predicted molar refractivity (Wildman–Crippen MR) is 80.2 cm³/mol. The van der Waals surface area contributed by atoms with E-state index >= 15 is 0 Å². The molecule has 2 heterocycles. The zero-order chi connectivity index (χ0) is 14.3. The topological polar surface area (TPSA) is 37.3 Å². The first-order valence-corrected chi connectivity index (χ1v) is 7.76. The van der Waals surface area contributed by atoms with E-state index in [1.54, 1.807) is 0 Å². The molecule has 0 radical (unpaired) electrons. The first-order chi connectivity index (χ1) is 9.59. The van der Waals surface area contributed by atoms with Crippen molar-refractivity contribution in [3.63, 3.8) is 0 Å². The van der Waals surface area contributed by atoms with Crippen LogP contribution in [-0.4, -0.2) is 41.6 Å². The van der Waals surface area contributed by atoms with Gasteiger partial charge in [-0.05, 0) is 58.7 Å². The molecule has 4 heteroatoms. The van der Waals surface area contributed by atoms with Crippen LogP contribution in [0.15, 0.2) is 6.07 Å². The van der Waals surface area contributed by atoms with Crippen molar-refractivity contribution < 1.29 is 4.79 Å². The van der Waals surface area contributed by atoms with Gasteiger partial charge in [0.05, 0.1) is 5.56 Å². The first kappa shape index (κ1) is 13.7. The molecule has 1 N–H and O–H groups in total. The third-order valence-electron chi connectivity index (χ3n) is 4.80. The van der Waals surface area contributed by atoms with Crippen LogP contribution in [0.25, 0.3) is 0 Å². The zero-order valence-corrected chi connectivity index (χ0v) is 12.8. The molecule has 110 valence electrons. The average Bonchev–Trinajstić information content (AvgIpc) is 3.24. The number of aromatic nitrogens is 1. The Hall–Kier alpha value is -1.29. The van der Waals surface area contributed by atoms with Gasteiger partial charge in [0, 0.05) is 30.5 Å². The summed E-state index contributed by atoms with van der Waals surface area (Å²) < 4.78 is 2.35. The highest BCUT2D eigenvalue weighted by Crippen LogP contribution is 2.38. The SMILES string of the molecule is Cc1cc(C(=O)N(C)C2CCNCC2)c(C)n1C1CC1. The number of nitrogens with zero attached hydrogens (tertiary/aromatic N) is 2. The largest absolute Gasteiger partial charge is 0.345 e. The third-order valence-corrected chi connectivity index (χ3v) is 4.80. The highest BCUT2D eigenvalue weighted by Gasteiger charge is 2.30. The Labute approximate surface area is 121 Å². The third kappa shape index (κ3) is 2.37. The van der Waals surface area contributed by atoms with E-state index in [2.05, 4.69) is 29.8 Å². The Morgan fingerprint density at radius 1 is 1.25 bits per heavy atom. The lowest BCUT2D eigenvalue weighted by molar-refractivity contribution is 0.0702. The summed E-state index contributed by atoms with van der Waals surface area (Å²) in [6, 6.07) is 3.10. The van der Waals surface area contributed by atoms with Gasteiger partial charge in [-0.2, -0.15) is 0 Å². The standard InChI is InChI=1S/C16H25N3O/c1-11-10-15(12(2)19(11)14-4-5-14)16(20)18(3)13-6-8-17-9-7-13/h10,13-14,17H,4-9H2,1-3H3. The lowest BCUT2D eigenvalue weighted by Gasteiger charge is -2.31. The van der Waals surface area contributed by atoms with E-state index in [9.17, 15) is 4.79 Å². The van der Waals surface area contributed by atoms with Gasteiger partial charge in [0.15, 0.2) is 0 Å². The van der Waals surface area contributed by atoms with E-state index in [1.807, 2.05) is 11.9 Å². The molecule has 0 spiro atoms. The molecule has 20 heavy (non-hydrogen) atoms. The molecule has 4 nitrogen and oxygen atoms in total. The minimum Gasteiger partial charge on any atom is -0.345 e. The number of carbonyl (C=O) groups excluding carboxylic acids is 1. The first-order valence-electron chi connectivity index (χ1n) is 7.76. The van der Waals surface area contributed by atoms with Gasteiger partial charge in [0.1, 0.15) is 0 Å². The van der Waals surface area contributed by atoms with Crippen molar-refractivity contribution >= 4 is 5.91 Å². The van der Waals surface area contributed by atoms with E-state index in [1.165, 1.54) is 18.5 Å². The molecule has 1 aromatic rings. The maximum Gasteiger partial charge on any atom is 0.255 e. The van der Waals surface area contributed by atoms with Crippen LogP contribution in [0.2, 0.25) is 0 Å². The minimum atomic E-state index is 0.192. The number of hydrogen-bond acceptors (Lipinski definition) is 2. The Balaban J connectivity index is 1.81. The van der Waals surface area contributed by atoms with Gasteiger partial charge in [-0.25, -0.2) is 0 Å². The molecule has 0 bridgehead atoms. The highest BCUT2D eigenvalue weighted by atomic mass is 16.2. The smallest absolute Gasteiger partial charge is 0.255 e. The van der Waals surface area contributed by atoms with Crippen LogP contribution in [0.5, 0.6) is 0 Å². The second kappa shape index (κ2) is 5.24. The lowest BCUT2D eigenvalue weighted by atomic mass is 10.0. The van der Waals surface area contributed by atoms with Gasteiger partial charge in [-0.15, -0.1) is 0 Å². The molecule has 1 saturated heterocycles. The summed E-state index contributed by atoms with van der Waals surface area (Å²) >= 11 is 0. The average molecular weight is 275 g/mol. The number of carbonyl (C=O) groups is 1. The molecule has 3 rings (SSSR count). The van der Waals surface area contributed by atoms with E-state index in [0.29, 0.717) is 12.1 Å². The molecule has 0 aromatic carbocycles. The maximum atomic E-state index is 12.8. The molecule has 2 fully saturated rings. The summed E-state index contributed by atoms with van der Waals surface area (Å²) in [5.41, 5.74) is 3.28. The molecular formula is C16H25N3O. The zero-order valence-electron chi connectivity index (χ0n) is 12.8. The number of nitrogens with one attached hydrogen (secondary N) is 1. The normalized spacial score (nSPS) is 20.1. The van der Waals surface area contributed by atoms with Gasteiger partial charge < -0.3 is 14.8 Å². The second-order valence-corrected chi connectivity index (χ2v) is 6.28. The summed E-state index contributed by atoms with van der Waals surface area (Å²) in [4.78, 5) is 14.7. The van der Waals surface area contributed by atoms with E-state index < -0.39 is 0 Å². The lowest BCUT2D eigenvalue weighted by Crippen LogP contribution is -2.44. The monoisotopic (exact) mass is 275 g/mol. The molecule has 0 atom stereocenters. The Morgan fingerprint density at radius 3 is 2.50 bits per heavy atom.